The molecule has 0 aliphatic carbocycles. The molecule has 0 aliphatic heterocycles. The number of hydrogen-bond donors (Lipinski definition) is 1. The van der Waals surface area contributed by atoms with Gasteiger partial charge in [0.25, 0.3) is 0 Å². The minimum Gasteiger partial charge on any atom is -0.396 e. The second kappa shape index (κ2) is 8.22. The molecule has 0 aliphatic rings. The Morgan fingerprint density at radius 1 is 1.21 bits per heavy atom. The van der Waals surface area contributed by atoms with E-state index in [1.807, 2.05) is 6.92 Å². The molecule has 1 nitrogen and oxygen atoms in total. The molecule has 0 aromatic heterocycles. The lowest BCUT2D eigenvalue weighted by molar-refractivity contribution is 0.165. The van der Waals surface area contributed by atoms with E-state index in [0.717, 1.165) is 25.7 Å². The zero-order valence-electron chi connectivity index (χ0n) is 9.80. The molecular weight excluding hydrogens is 179 g/mol. The molecule has 0 aromatic carbocycles. The van der Waals surface area contributed by atoms with Gasteiger partial charge in [0.1, 0.15) is 0 Å². The average molecular weight is 204 g/mol. The average Bonchev–Trinajstić information content (AvgIpc) is 2.22. The SMILES string of the molecule is CCC[C@H](CF)[C@@H](CC)C[C@@H](C)CO. The van der Waals surface area contributed by atoms with Crippen LogP contribution in [0.1, 0.15) is 46.5 Å². The molecule has 0 unspecified atom stereocenters. The molecule has 14 heavy (non-hydrogen) atoms. The van der Waals surface area contributed by atoms with Crippen molar-refractivity contribution in [2.45, 2.75) is 46.5 Å². The minimum absolute atomic E-state index is 0.204. The van der Waals surface area contributed by atoms with Crippen molar-refractivity contribution in [3.63, 3.8) is 0 Å². The number of alkyl halides is 1. The van der Waals surface area contributed by atoms with Crippen LogP contribution in [0.4, 0.5) is 4.39 Å². The monoisotopic (exact) mass is 204 g/mol. The summed E-state index contributed by atoms with van der Waals surface area (Å²) in [5, 5.41) is 8.97. The van der Waals surface area contributed by atoms with Crippen LogP contribution in [0.25, 0.3) is 0 Å². The van der Waals surface area contributed by atoms with Crippen molar-refractivity contribution in [2.75, 3.05) is 13.3 Å². The standard InChI is InChI=1S/C12H25FO/c1-4-6-12(8-13)11(5-2)7-10(3)9-14/h10-12,14H,4-9H2,1-3H3/t10-,11+,12-/m1/s1. The summed E-state index contributed by atoms with van der Waals surface area (Å²) in [6.45, 7) is 6.27. The number of halogens is 1. The molecule has 3 atom stereocenters. The molecule has 0 saturated heterocycles. The molecule has 0 heterocycles. The van der Waals surface area contributed by atoms with E-state index in [4.69, 9.17) is 5.11 Å². The summed E-state index contributed by atoms with van der Waals surface area (Å²) in [7, 11) is 0. The summed E-state index contributed by atoms with van der Waals surface area (Å²) < 4.78 is 12.8. The topological polar surface area (TPSA) is 20.2 Å². The Morgan fingerprint density at radius 2 is 1.86 bits per heavy atom. The normalized spacial score (nSPS) is 17.8. The molecule has 0 spiro atoms. The van der Waals surface area contributed by atoms with Gasteiger partial charge in [0.15, 0.2) is 0 Å². The number of aliphatic hydroxyl groups is 1. The van der Waals surface area contributed by atoms with Crippen molar-refractivity contribution in [1.29, 1.82) is 0 Å². The highest BCUT2D eigenvalue weighted by molar-refractivity contribution is 4.70. The largest absolute Gasteiger partial charge is 0.396 e. The Morgan fingerprint density at radius 3 is 2.21 bits per heavy atom. The number of aliphatic hydroxyl groups excluding tert-OH is 1. The van der Waals surface area contributed by atoms with Crippen LogP contribution in [-0.4, -0.2) is 18.4 Å². The molecule has 2 heteroatoms. The maximum Gasteiger partial charge on any atom is 0.0925 e. The highest BCUT2D eigenvalue weighted by Gasteiger charge is 2.20. The summed E-state index contributed by atoms with van der Waals surface area (Å²) in [5.74, 6) is 0.965. The second-order valence-electron chi connectivity index (χ2n) is 4.39. The predicted octanol–water partition coefficient (Wildman–Crippen LogP) is 3.42. The van der Waals surface area contributed by atoms with Crippen LogP contribution in [-0.2, 0) is 0 Å². The van der Waals surface area contributed by atoms with Gasteiger partial charge in [-0.1, -0.05) is 33.6 Å². The molecule has 0 saturated carbocycles. The van der Waals surface area contributed by atoms with Crippen molar-refractivity contribution in [3.05, 3.63) is 0 Å². The van der Waals surface area contributed by atoms with Gasteiger partial charge in [0.05, 0.1) is 6.67 Å². The quantitative estimate of drug-likeness (QED) is 0.642. The van der Waals surface area contributed by atoms with E-state index in [0.29, 0.717) is 11.8 Å². The van der Waals surface area contributed by atoms with Crippen molar-refractivity contribution >= 4 is 0 Å². The smallest absolute Gasteiger partial charge is 0.0925 e. The molecular formula is C12H25FO. The Balaban J connectivity index is 4.06. The van der Waals surface area contributed by atoms with E-state index >= 15 is 0 Å². The van der Waals surface area contributed by atoms with Crippen molar-refractivity contribution in [3.8, 4) is 0 Å². The second-order valence-corrected chi connectivity index (χ2v) is 4.39. The van der Waals surface area contributed by atoms with Gasteiger partial charge in [-0.15, -0.1) is 0 Å². The third kappa shape index (κ3) is 4.94. The van der Waals surface area contributed by atoms with Crippen molar-refractivity contribution in [1.82, 2.24) is 0 Å². The Bertz CT molecular complexity index is 127. The zero-order chi connectivity index (χ0) is 11.0. The first kappa shape index (κ1) is 13.9. The molecule has 0 rings (SSSR count). The summed E-state index contributed by atoms with van der Waals surface area (Å²) in [6, 6.07) is 0. The van der Waals surface area contributed by atoms with Gasteiger partial charge in [-0.25, -0.2) is 0 Å². The van der Waals surface area contributed by atoms with Crippen LogP contribution in [0.15, 0.2) is 0 Å². The molecule has 0 amide bonds. The van der Waals surface area contributed by atoms with Gasteiger partial charge in [0.2, 0.25) is 0 Å². The van der Waals surface area contributed by atoms with E-state index in [-0.39, 0.29) is 19.2 Å². The molecule has 1 N–H and O–H groups in total. The van der Waals surface area contributed by atoms with Gasteiger partial charge >= 0.3 is 0 Å². The first-order valence-electron chi connectivity index (χ1n) is 5.86. The molecule has 0 aromatic rings. The summed E-state index contributed by atoms with van der Waals surface area (Å²) >= 11 is 0. The zero-order valence-corrected chi connectivity index (χ0v) is 9.80. The lowest BCUT2D eigenvalue weighted by Crippen LogP contribution is -2.20. The van der Waals surface area contributed by atoms with E-state index < -0.39 is 0 Å². The first-order valence-corrected chi connectivity index (χ1v) is 5.86. The molecule has 0 bridgehead atoms. The van der Waals surface area contributed by atoms with Crippen LogP contribution in [0.2, 0.25) is 0 Å². The van der Waals surface area contributed by atoms with Crippen LogP contribution < -0.4 is 0 Å². The highest BCUT2D eigenvalue weighted by atomic mass is 19.1. The summed E-state index contributed by atoms with van der Waals surface area (Å²) in [4.78, 5) is 0. The Hall–Kier alpha value is -0.110. The van der Waals surface area contributed by atoms with E-state index in [1.54, 1.807) is 0 Å². The van der Waals surface area contributed by atoms with Crippen LogP contribution >= 0.6 is 0 Å². The van der Waals surface area contributed by atoms with Gasteiger partial charge in [-0.05, 0) is 30.6 Å². The van der Waals surface area contributed by atoms with Gasteiger partial charge in [0, 0.05) is 6.61 Å². The predicted molar refractivity (Wildman–Crippen MR) is 59.0 cm³/mol. The third-order valence-corrected chi connectivity index (χ3v) is 3.07. The van der Waals surface area contributed by atoms with Gasteiger partial charge in [-0.3, -0.25) is 4.39 Å². The number of hydrogen-bond acceptors (Lipinski definition) is 1. The molecule has 0 radical (unpaired) electrons. The lowest BCUT2D eigenvalue weighted by atomic mass is 9.82. The van der Waals surface area contributed by atoms with Crippen LogP contribution in [0, 0.1) is 17.8 Å². The molecule has 0 fully saturated rings. The Kier molecular flexibility index (Phi) is 8.15. The van der Waals surface area contributed by atoms with Gasteiger partial charge in [-0.2, -0.15) is 0 Å². The van der Waals surface area contributed by atoms with E-state index in [1.165, 1.54) is 0 Å². The first-order chi connectivity index (χ1) is 6.69. The fourth-order valence-electron chi connectivity index (χ4n) is 2.09. The summed E-state index contributed by atoms with van der Waals surface area (Å²) in [6.07, 6.45) is 4.02. The molecule has 86 valence electrons. The minimum atomic E-state index is -0.204. The van der Waals surface area contributed by atoms with Crippen LogP contribution in [0.5, 0.6) is 0 Å². The maximum atomic E-state index is 12.8. The van der Waals surface area contributed by atoms with Crippen molar-refractivity contribution < 1.29 is 9.50 Å². The lowest BCUT2D eigenvalue weighted by Gasteiger charge is -2.25. The number of rotatable bonds is 8. The van der Waals surface area contributed by atoms with E-state index in [9.17, 15) is 4.39 Å². The van der Waals surface area contributed by atoms with E-state index in [2.05, 4.69) is 13.8 Å². The maximum absolute atomic E-state index is 12.8. The fraction of sp³-hybridized carbons (Fsp3) is 1.00. The third-order valence-electron chi connectivity index (χ3n) is 3.07. The highest BCUT2D eigenvalue weighted by Crippen LogP contribution is 2.27. The van der Waals surface area contributed by atoms with Crippen LogP contribution in [0.3, 0.4) is 0 Å². The fourth-order valence-corrected chi connectivity index (χ4v) is 2.09. The Labute approximate surface area is 87.7 Å². The summed E-state index contributed by atoms with van der Waals surface area (Å²) in [5.41, 5.74) is 0. The van der Waals surface area contributed by atoms with Gasteiger partial charge < -0.3 is 5.11 Å². The van der Waals surface area contributed by atoms with Crippen molar-refractivity contribution in [2.24, 2.45) is 17.8 Å².